The predicted octanol–water partition coefficient (Wildman–Crippen LogP) is 2.67. The summed E-state index contributed by atoms with van der Waals surface area (Å²) in [7, 11) is 1.62. The van der Waals surface area contributed by atoms with Crippen LogP contribution in [-0.2, 0) is 16.1 Å². The Kier molecular flexibility index (Phi) is 7.47. The number of hydrogen-bond donors (Lipinski definition) is 1. The molecule has 6 nitrogen and oxygen atoms in total. The van der Waals surface area contributed by atoms with E-state index < -0.39 is 6.10 Å². The Balaban J connectivity index is 1.83. The van der Waals surface area contributed by atoms with Crippen LogP contribution in [0.3, 0.4) is 0 Å². The Morgan fingerprint density at radius 1 is 1.15 bits per heavy atom. The first-order valence-corrected chi connectivity index (χ1v) is 8.28. The van der Waals surface area contributed by atoms with Gasteiger partial charge in [0.1, 0.15) is 24.2 Å². The highest BCUT2D eigenvalue weighted by Gasteiger charge is 2.15. The first kappa shape index (κ1) is 19.3. The zero-order chi connectivity index (χ0) is 18.8. The number of nitriles is 1. The van der Waals surface area contributed by atoms with Crippen molar-refractivity contribution in [2.75, 3.05) is 20.3 Å². The molecule has 0 bridgehead atoms. The molecule has 1 N–H and O–H groups in total. The van der Waals surface area contributed by atoms with Crippen molar-refractivity contribution >= 4 is 5.91 Å². The molecule has 26 heavy (non-hydrogen) atoms. The number of carbonyl (C=O) groups excluding carboxylic acids is 1. The van der Waals surface area contributed by atoms with Crippen LogP contribution in [0.2, 0.25) is 0 Å². The molecular formula is C20H22N2O4. The average Bonchev–Trinajstić information content (AvgIpc) is 2.67. The summed E-state index contributed by atoms with van der Waals surface area (Å²) < 4.78 is 16.0. The van der Waals surface area contributed by atoms with E-state index in [0.29, 0.717) is 31.1 Å². The van der Waals surface area contributed by atoms with Crippen molar-refractivity contribution in [1.29, 1.82) is 5.26 Å². The van der Waals surface area contributed by atoms with Gasteiger partial charge in [0, 0.05) is 13.7 Å². The quantitative estimate of drug-likeness (QED) is 0.700. The lowest BCUT2D eigenvalue weighted by Crippen LogP contribution is -2.36. The lowest BCUT2D eigenvalue weighted by atomic mass is 10.2. The van der Waals surface area contributed by atoms with E-state index in [1.54, 1.807) is 38.3 Å². The van der Waals surface area contributed by atoms with E-state index in [0.717, 1.165) is 11.3 Å². The second kappa shape index (κ2) is 10.1. The van der Waals surface area contributed by atoms with Gasteiger partial charge in [-0.05, 0) is 36.8 Å². The molecular weight excluding hydrogens is 332 g/mol. The Morgan fingerprint density at radius 2 is 1.88 bits per heavy atom. The molecule has 0 fully saturated rings. The molecule has 2 aromatic carbocycles. The van der Waals surface area contributed by atoms with E-state index in [9.17, 15) is 4.79 Å². The molecule has 2 rings (SSSR count). The largest absolute Gasteiger partial charge is 0.491 e. The molecule has 0 aromatic heterocycles. The van der Waals surface area contributed by atoms with E-state index >= 15 is 0 Å². The maximum absolute atomic E-state index is 12.2. The molecule has 0 saturated heterocycles. The Labute approximate surface area is 153 Å². The Morgan fingerprint density at radius 3 is 2.58 bits per heavy atom. The summed E-state index contributed by atoms with van der Waals surface area (Å²) >= 11 is 0. The Bertz CT molecular complexity index is 753. The lowest BCUT2D eigenvalue weighted by Gasteiger charge is -2.15. The van der Waals surface area contributed by atoms with Gasteiger partial charge >= 0.3 is 0 Å². The molecule has 1 atom stereocenters. The van der Waals surface area contributed by atoms with Crippen molar-refractivity contribution in [3.8, 4) is 17.6 Å². The van der Waals surface area contributed by atoms with Gasteiger partial charge in [-0.1, -0.05) is 24.3 Å². The minimum Gasteiger partial charge on any atom is -0.491 e. The fourth-order valence-electron chi connectivity index (χ4n) is 2.19. The van der Waals surface area contributed by atoms with Gasteiger partial charge in [0.25, 0.3) is 5.91 Å². The van der Waals surface area contributed by atoms with Gasteiger partial charge < -0.3 is 19.5 Å². The molecule has 1 amide bonds. The van der Waals surface area contributed by atoms with E-state index in [1.165, 1.54) is 0 Å². The first-order valence-electron chi connectivity index (χ1n) is 8.28. The number of ether oxygens (including phenoxy) is 3. The molecule has 6 heteroatoms. The zero-order valence-corrected chi connectivity index (χ0v) is 14.9. The second-order valence-corrected chi connectivity index (χ2v) is 5.57. The first-order chi connectivity index (χ1) is 12.6. The van der Waals surface area contributed by atoms with Crippen molar-refractivity contribution in [2.45, 2.75) is 19.6 Å². The molecule has 0 aliphatic heterocycles. The van der Waals surface area contributed by atoms with Crippen LogP contribution in [0, 0.1) is 11.3 Å². The fraction of sp³-hybridized carbons (Fsp3) is 0.300. The molecule has 0 radical (unpaired) electrons. The van der Waals surface area contributed by atoms with Crippen LogP contribution in [0.5, 0.6) is 11.5 Å². The van der Waals surface area contributed by atoms with Crippen LogP contribution in [0.1, 0.15) is 18.1 Å². The number of carbonyl (C=O) groups is 1. The standard InChI is InChI=1S/C20H22N2O4/c1-15(26-19-6-4-3-5-17(19)13-21)20(23)22-14-16-7-9-18(10-8-16)25-12-11-24-2/h3-10,15H,11-12,14H2,1-2H3,(H,22,23). The molecule has 0 heterocycles. The summed E-state index contributed by atoms with van der Waals surface area (Å²) in [5.74, 6) is 0.898. The SMILES string of the molecule is COCCOc1ccc(CNC(=O)C(C)Oc2ccccc2C#N)cc1. The minimum atomic E-state index is -0.707. The van der Waals surface area contributed by atoms with Crippen LogP contribution in [0.15, 0.2) is 48.5 Å². The number of hydrogen-bond acceptors (Lipinski definition) is 5. The normalized spacial score (nSPS) is 11.3. The van der Waals surface area contributed by atoms with Crippen molar-refractivity contribution in [3.05, 3.63) is 59.7 Å². The monoisotopic (exact) mass is 354 g/mol. The number of benzene rings is 2. The zero-order valence-electron chi connectivity index (χ0n) is 14.9. The number of para-hydroxylation sites is 1. The minimum absolute atomic E-state index is 0.252. The summed E-state index contributed by atoms with van der Waals surface area (Å²) in [5.41, 5.74) is 1.35. The topological polar surface area (TPSA) is 80.6 Å². The summed E-state index contributed by atoms with van der Waals surface area (Å²) in [6.45, 7) is 3.05. The highest BCUT2D eigenvalue weighted by Crippen LogP contribution is 2.18. The van der Waals surface area contributed by atoms with Crippen LogP contribution in [0.25, 0.3) is 0 Å². The van der Waals surface area contributed by atoms with Crippen LogP contribution in [-0.4, -0.2) is 32.3 Å². The summed E-state index contributed by atoms with van der Waals surface area (Å²) in [6, 6.07) is 16.3. The van der Waals surface area contributed by atoms with Gasteiger partial charge in [-0.25, -0.2) is 0 Å². The molecule has 136 valence electrons. The highest BCUT2D eigenvalue weighted by atomic mass is 16.5. The molecule has 1 unspecified atom stereocenters. The third-order valence-corrected chi connectivity index (χ3v) is 3.63. The van der Waals surface area contributed by atoms with Gasteiger partial charge in [-0.3, -0.25) is 4.79 Å². The van der Waals surface area contributed by atoms with Crippen LogP contribution >= 0.6 is 0 Å². The highest BCUT2D eigenvalue weighted by molar-refractivity contribution is 5.80. The van der Waals surface area contributed by atoms with Gasteiger partial charge in [0.05, 0.1) is 12.2 Å². The molecule has 2 aromatic rings. The van der Waals surface area contributed by atoms with Crippen molar-refractivity contribution in [3.63, 3.8) is 0 Å². The molecule has 0 aliphatic rings. The van der Waals surface area contributed by atoms with Gasteiger partial charge in [0.2, 0.25) is 0 Å². The van der Waals surface area contributed by atoms with Gasteiger partial charge in [-0.15, -0.1) is 0 Å². The number of methoxy groups -OCH3 is 1. The van der Waals surface area contributed by atoms with Crippen molar-refractivity contribution in [2.24, 2.45) is 0 Å². The van der Waals surface area contributed by atoms with Crippen molar-refractivity contribution < 1.29 is 19.0 Å². The third-order valence-electron chi connectivity index (χ3n) is 3.63. The number of amides is 1. The number of nitrogens with zero attached hydrogens (tertiary/aromatic N) is 1. The summed E-state index contributed by atoms with van der Waals surface area (Å²) in [4.78, 5) is 12.2. The average molecular weight is 354 g/mol. The maximum Gasteiger partial charge on any atom is 0.261 e. The van der Waals surface area contributed by atoms with E-state index in [2.05, 4.69) is 5.32 Å². The van der Waals surface area contributed by atoms with Crippen molar-refractivity contribution in [1.82, 2.24) is 5.32 Å². The Hall–Kier alpha value is -3.04. The molecule has 0 spiro atoms. The summed E-state index contributed by atoms with van der Waals surface area (Å²) in [5, 5.41) is 11.9. The van der Waals surface area contributed by atoms with Crippen LogP contribution < -0.4 is 14.8 Å². The van der Waals surface area contributed by atoms with Gasteiger partial charge in [-0.2, -0.15) is 5.26 Å². The van der Waals surface area contributed by atoms with E-state index in [-0.39, 0.29) is 5.91 Å². The summed E-state index contributed by atoms with van der Waals surface area (Å²) in [6.07, 6.45) is -0.707. The second-order valence-electron chi connectivity index (χ2n) is 5.57. The predicted molar refractivity (Wildman–Crippen MR) is 96.9 cm³/mol. The maximum atomic E-state index is 12.2. The number of nitrogens with one attached hydrogen (secondary N) is 1. The molecule has 0 aliphatic carbocycles. The van der Waals surface area contributed by atoms with Crippen LogP contribution in [0.4, 0.5) is 0 Å². The lowest BCUT2D eigenvalue weighted by molar-refractivity contribution is -0.127. The molecule has 0 saturated carbocycles. The van der Waals surface area contributed by atoms with E-state index in [1.807, 2.05) is 30.3 Å². The third kappa shape index (κ3) is 5.80. The number of rotatable bonds is 9. The van der Waals surface area contributed by atoms with Gasteiger partial charge in [0.15, 0.2) is 6.10 Å². The van der Waals surface area contributed by atoms with E-state index in [4.69, 9.17) is 19.5 Å². The fourth-order valence-corrected chi connectivity index (χ4v) is 2.19. The smallest absolute Gasteiger partial charge is 0.261 e.